The molecule has 0 atom stereocenters. The average molecular weight is 788 g/mol. The Balaban J connectivity index is 4.79. The Bertz CT molecular complexity index is 888. The zero-order valence-corrected chi connectivity index (χ0v) is 40.2. The van der Waals surface area contributed by atoms with Crippen LogP contribution in [0.15, 0.2) is 12.1 Å². The van der Waals surface area contributed by atoms with E-state index in [0.717, 1.165) is 10.3 Å². The second kappa shape index (κ2) is 12.0. The number of halogens is 1. The van der Waals surface area contributed by atoms with Crippen LogP contribution in [0.5, 0.6) is 0 Å². The van der Waals surface area contributed by atoms with Gasteiger partial charge in [0.25, 0.3) is 0 Å². The molecule has 0 N–H and O–H groups in total. The monoisotopic (exact) mass is 788 g/mol. The molecular weight excluding hydrogens is 720 g/mol. The van der Waals surface area contributed by atoms with Crippen molar-refractivity contribution < 1.29 is 0 Å². The molecule has 1 rings (SSSR count). The molecule has 9 heteroatoms. The van der Waals surface area contributed by atoms with Crippen molar-refractivity contribution in [3.8, 4) is 0 Å². The molecule has 228 valence electrons. The predicted octanol–water partition coefficient (Wildman–Crippen LogP) is 10.7. The minimum absolute atomic E-state index is 0.398. The van der Waals surface area contributed by atoms with Crippen LogP contribution in [-0.2, 0) is 4.28 Å². The van der Waals surface area contributed by atoms with Crippen LogP contribution in [0.1, 0.15) is 27.0 Å². The van der Waals surface area contributed by atoms with E-state index in [2.05, 4.69) is 150 Å². The van der Waals surface area contributed by atoms with Gasteiger partial charge in [-0.3, -0.25) is 0 Å². The summed E-state index contributed by atoms with van der Waals surface area (Å²) < 4.78 is 2.08. The first-order chi connectivity index (χ1) is 16.8. The quantitative estimate of drug-likeness (QED) is 0.196. The van der Waals surface area contributed by atoms with Crippen molar-refractivity contribution in [1.82, 2.24) is 0 Å². The summed E-state index contributed by atoms with van der Waals surface area (Å²) in [6.07, 6.45) is 0. The molecule has 0 spiro atoms. The van der Waals surface area contributed by atoms with Crippen LogP contribution in [0.3, 0.4) is 0 Å². The third-order valence-electron chi connectivity index (χ3n) is 9.12. The Labute approximate surface area is 267 Å². The molecule has 1 aromatic rings. The molecular formula is C30H67ClSi7Te. The summed E-state index contributed by atoms with van der Waals surface area (Å²) in [6.45, 7) is 56.3. The van der Waals surface area contributed by atoms with E-state index in [1.54, 1.807) is 20.3 Å². The summed E-state index contributed by atoms with van der Waals surface area (Å²) in [5.74, 6) is 0. The zero-order chi connectivity index (χ0) is 31.6. The van der Waals surface area contributed by atoms with E-state index in [0.29, 0.717) is 4.28 Å². The van der Waals surface area contributed by atoms with Gasteiger partial charge in [0, 0.05) is 0 Å². The van der Waals surface area contributed by atoms with Gasteiger partial charge >= 0.3 is 270 Å². The van der Waals surface area contributed by atoms with Crippen LogP contribution in [0.4, 0.5) is 0 Å². The van der Waals surface area contributed by atoms with Gasteiger partial charge in [-0.2, -0.15) is 0 Å². The van der Waals surface area contributed by atoms with Gasteiger partial charge in [-0.15, -0.1) is 0 Å². The van der Waals surface area contributed by atoms with Crippen molar-refractivity contribution in [2.24, 2.45) is 0 Å². The molecule has 0 heterocycles. The van der Waals surface area contributed by atoms with Crippen molar-refractivity contribution >= 4 is 88.9 Å². The topological polar surface area (TPSA) is 0 Å². The maximum atomic E-state index is 7.28. The summed E-state index contributed by atoms with van der Waals surface area (Å²) >= 11 is -0.754. The third-order valence-corrected chi connectivity index (χ3v) is 51.6. The van der Waals surface area contributed by atoms with Crippen molar-refractivity contribution in [3.63, 3.8) is 0 Å². The van der Waals surface area contributed by atoms with Gasteiger partial charge in [-0.25, -0.2) is 0 Å². The van der Waals surface area contributed by atoms with E-state index in [4.69, 9.17) is 8.96 Å². The van der Waals surface area contributed by atoms with Gasteiger partial charge in [-0.05, 0) is 0 Å². The second-order valence-electron chi connectivity index (χ2n) is 19.9. The molecule has 0 fully saturated rings. The van der Waals surface area contributed by atoms with Crippen LogP contribution < -0.4 is 3.61 Å². The van der Waals surface area contributed by atoms with E-state index in [9.17, 15) is 0 Å². The van der Waals surface area contributed by atoms with Gasteiger partial charge in [0.1, 0.15) is 0 Å². The molecule has 39 heavy (non-hydrogen) atoms. The SMILES string of the molecule is C[Si](C)(C)C(c1cc(C([Si](C)(C)C)([Si](C)(C)C)[Si](C)(C)C)cc(C([Si](C)(C)C)[Si](C)(C)C)c1[Te]Cl)[Si](C)(C)C. The molecule has 0 aromatic heterocycles. The van der Waals surface area contributed by atoms with Gasteiger partial charge in [0.2, 0.25) is 0 Å². The fourth-order valence-corrected chi connectivity index (χ4v) is 70.0. The molecule has 0 saturated heterocycles. The Morgan fingerprint density at radius 1 is 0.487 bits per heavy atom. The van der Waals surface area contributed by atoms with Crippen LogP contribution in [0.2, 0.25) is 137 Å². The van der Waals surface area contributed by atoms with Gasteiger partial charge in [0.05, 0.1) is 0 Å². The molecule has 0 aliphatic heterocycles. The number of hydrogen-bond acceptors (Lipinski definition) is 0. The van der Waals surface area contributed by atoms with E-state index in [1.807, 2.05) is 0 Å². The molecule has 0 bridgehead atoms. The van der Waals surface area contributed by atoms with Crippen molar-refractivity contribution in [1.29, 1.82) is 0 Å². The van der Waals surface area contributed by atoms with Crippen molar-refractivity contribution in [3.05, 3.63) is 28.8 Å². The molecule has 0 aliphatic rings. The predicted molar refractivity (Wildman–Crippen MR) is 208 cm³/mol. The maximum absolute atomic E-state index is 7.28. The first-order valence-corrected chi connectivity index (χ1v) is 44.2. The Kier molecular flexibility index (Phi) is 11.9. The Morgan fingerprint density at radius 3 is 0.872 bits per heavy atom. The summed E-state index contributed by atoms with van der Waals surface area (Å²) in [5.41, 5.74) is 5.31. The van der Waals surface area contributed by atoms with Crippen LogP contribution in [0, 0.1) is 0 Å². The summed E-state index contributed by atoms with van der Waals surface area (Å²) in [6, 6.07) is 5.74. The Morgan fingerprint density at radius 2 is 0.718 bits per heavy atom. The van der Waals surface area contributed by atoms with E-state index in [-0.39, 0.29) is 0 Å². The molecule has 1 aromatic carbocycles. The Hall–Kier alpha value is 1.82. The number of benzene rings is 1. The normalized spacial score (nSPS) is 15.5. The number of hydrogen-bond donors (Lipinski definition) is 0. The van der Waals surface area contributed by atoms with E-state index >= 15 is 0 Å². The standard InChI is InChI=1S/C30H67ClSi7Te/c1-32(2,3)28(33(4,5)6)25-22-24(30(36(13,14)15,37(16,17)18)38(19,20)21)23-26(27(25)39-31)29(34(7,8)9)35(10,11)12/h22-23,28-29H,1-21H3. The van der Waals surface area contributed by atoms with Crippen molar-refractivity contribution in [2.45, 2.75) is 152 Å². The molecule has 0 aliphatic carbocycles. The average Bonchev–Trinajstić information content (AvgIpc) is 2.52. The van der Waals surface area contributed by atoms with Gasteiger partial charge < -0.3 is 0 Å². The molecule has 0 radical (unpaired) electrons. The zero-order valence-electron chi connectivity index (χ0n) is 30.1. The van der Waals surface area contributed by atoms with Crippen LogP contribution >= 0.6 is 8.96 Å². The van der Waals surface area contributed by atoms with E-state index < -0.39 is 76.3 Å². The first-order valence-electron chi connectivity index (χ1n) is 15.2. The second-order valence-corrected chi connectivity index (χ2v) is 62.2. The fraction of sp³-hybridized carbons (Fsp3) is 0.800. The third kappa shape index (κ3) is 7.92. The van der Waals surface area contributed by atoms with Crippen LogP contribution in [-0.4, -0.2) is 76.3 Å². The van der Waals surface area contributed by atoms with E-state index in [1.165, 1.54) is 0 Å². The minimum atomic E-state index is -1.63. The van der Waals surface area contributed by atoms with Gasteiger partial charge in [-0.1, -0.05) is 0 Å². The summed E-state index contributed by atoms with van der Waals surface area (Å²) in [7, 11) is -3.60. The fourth-order valence-electron chi connectivity index (χ4n) is 10.5. The number of rotatable bonds is 11. The molecule has 0 saturated carbocycles. The summed E-state index contributed by atoms with van der Waals surface area (Å²) in [4.78, 5) is 0. The van der Waals surface area contributed by atoms with Crippen molar-refractivity contribution in [2.75, 3.05) is 0 Å². The summed E-state index contributed by atoms with van der Waals surface area (Å²) in [5, 5.41) is 1.49. The molecule has 0 amide bonds. The molecule has 0 unspecified atom stereocenters. The van der Waals surface area contributed by atoms with Crippen LogP contribution in [0.25, 0.3) is 0 Å². The molecule has 0 nitrogen and oxygen atoms in total. The first kappa shape index (κ1) is 38.8. The van der Waals surface area contributed by atoms with Gasteiger partial charge in [0.15, 0.2) is 0 Å².